The van der Waals surface area contributed by atoms with Crippen molar-refractivity contribution < 1.29 is 28.9 Å². The van der Waals surface area contributed by atoms with Crippen LogP contribution in [0.15, 0.2) is 78.9 Å². The monoisotopic (exact) mass is 419 g/mol. The van der Waals surface area contributed by atoms with Crippen LogP contribution in [0.3, 0.4) is 0 Å². The van der Waals surface area contributed by atoms with Gasteiger partial charge in [-0.2, -0.15) is 0 Å². The molecule has 0 saturated heterocycles. The second-order valence-corrected chi connectivity index (χ2v) is 6.93. The first kappa shape index (κ1) is 20.4. The average Bonchev–Trinajstić information content (AvgIpc) is 2.83. The molecule has 1 heterocycles. The van der Waals surface area contributed by atoms with Gasteiger partial charge in [0.05, 0.1) is 0 Å². The summed E-state index contributed by atoms with van der Waals surface area (Å²) in [7, 11) is 0. The molecule has 0 aliphatic carbocycles. The molecule has 7 heteroatoms. The summed E-state index contributed by atoms with van der Waals surface area (Å²) >= 11 is 0. The number of aliphatic hydroxyl groups is 1. The fourth-order valence-electron chi connectivity index (χ4n) is 3.31. The number of ether oxygens (including phenoxy) is 3. The van der Waals surface area contributed by atoms with Gasteiger partial charge < -0.3 is 24.6 Å². The van der Waals surface area contributed by atoms with Gasteiger partial charge in [-0.05, 0) is 23.3 Å². The molecule has 4 rings (SSSR count). The molecule has 0 unspecified atom stereocenters. The minimum atomic E-state index is -2.04. The smallest absolute Gasteiger partial charge is 0.348 e. The van der Waals surface area contributed by atoms with Crippen LogP contribution < -0.4 is 14.8 Å². The Bertz CT molecular complexity index is 1030. The molecule has 0 fully saturated rings. The molecule has 0 bridgehead atoms. The summed E-state index contributed by atoms with van der Waals surface area (Å²) in [5, 5.41) is 14.0. The van der Waals surface area contributed by atoms with E-state index in [2.05, 4.69) is 5.32 Å². The normalized spacial score (nSPS) is 12.7. The third-order valence-electron chi connectivity index (χ3n) is 4.84. The molecule has 158 valence electrons. The molecule has 0 spiro atoms. The fraction of sp³-hybridized carbons (Fsp3) is 0.167. The molecule has 0 aromatic heterocycles. The van der Waals surface area contributed by atoms with E-state index in [0.717, 1.165) is 0 Å². The second-order valence-electron chi connectivity index (χ2n) is 6.93. The van der Waals surface area contributed by atoms with Gasteiger partial charge in [0.25, 0.3) is 5.91 Å². The molecule has 31 heavy (non-hydrogen) atoms. The van der Waals surface area contributed by atoms with Crippen molar-refractivity contribution in [2.75, 3.05) is 25.1 Å². The minimum absolute atomic E-state index is 0.346. The minimum Gasteiger partial charge on any atom is -0.486 e. The lowest BCUT2D eigenvalue weighted by Gasteiger charge is -2.27. The van der Waals surface area contributed by atoms with Crippen LogP contribution in [0.5, 0.6) is 11.5 Å². The molecule has 0 atom stereocenters. The summed E-state index contributed by atoms with van der Waals surface area (Å²) in [6, 6.07) is 21.9. The molecule has 7 nitrogen and oxygen atoms in total. The number of carbonyl (C=O) groups is 2. The van der Waals surface area contributed by atoms with Gasteiger partial charge in [-0.15, -0.1) is 0 Å². The number of rotatable bonds is 6. The van der Waals surface area contributed by atoms with Crippen molar-refractivity contribution >= 4 is 17.6 Å². The number of esters is 1. The Kier molecular flexibility index (Phi) is 5.86. The second kappa shape index (κ2) is 8.89. The first-order valence-electron chi connectivity index (χ1n) is 9.77. The van der Waals surface area contributed by atoms with E-state index in [1.54, 1.807) is 78.9 Å². The van der Waals surface area contributed by atoms with Gasteiger partial charge in [0.2, 0.25) is 5.60 Å². The lowest BCUT2D eigenvalue weighted by atomic mass is 9.86. The third kappa shape index (κ3) is 4.36. The maximum Gasteiger partial charge on any atom is 0.348 e. The number of anilines is 1. The average molecular weight is 419 g/mol. The predicted octanol–water partition coefficient (Wildman–Crippen LogP) is 2.88. The van der Waals surface area contributed by atoms with E-state index in [9.17, 15) is 14.7 Å². The highest BCUT2D eigenvalue weighted by atomic mass is 16.6. The van der Waals surface area contributed by atoms with Gasteiger partial charge in [0.1, 0.15) is 13.2 Å². The van der Waals surface area contributed by atoms with E-state index in [1.165, 1.54) is 0 Å². The number of carbonyl (C=O) groups excluding carboxylic acids is 2. The van der Waals surface area contributed by atoms with Gasteiger partial charge in [0, 0.05) is 11.8 Å². The molecule has 0 saturated carbocycles. The molecule has 3 aromatic rings. The number of fused-ring (bicyclic) bond motifs is 1. The van der Waals surface area contributed by atoms with Gasteiger partial charge >= 0.3 is 5.97 Å². The Hall–Kier alpha value is -3.84. The third-order valence-corrected chi connectivity index (χ3v) is 4.84. The quantitative estimate of drug-likeness (QED) is 0.597. The van der Waals surface area contributed by atoms with E-state index in [-0.39, 0.29) is 0 Å². The van der Waals surface area contributed by atoms with Gasteiger partial charge in [-0.1, -0.05) is 60.7 Å². The van der Waals surface area contributed by atoms with Crippen molar-refractivity contribution in [1.29, 1.82) is 0 Å². The topological polar surface area (TPSA) is 94.1 Å². The maximum absolute atomic E-state index is 12.9. The summed E-state index contributed by atoms with van der Waals surface area (Å²) in [5.74, 6) is -0.356. The molecule has 0 radical (unpaired) electrons. The summed E-state index contributed by atoms with van der Waals surface area (Å²) in [6.07, 6.45) is 0. The Labute approximate surface area is 179 Å². The zero-order chi connectivity index (χ0) is 21.7. The highest BCUT2D eigenvalue weighted by molar-refractivity contribution is 5.94. The van der Waals surface area contributed by atoms with Crippen LogP contribution >= 0.6 is 0 Å². The van der Waals surface area contributed by atoms with E-state index in [1.807, 2.05) is 0 Å². The van der Waals surface area contributed by atoms with Crippen molar-refractivity contribution in [3.05, 3.63) is 90.0 Å². The van der Waals surface area contributed by atoms with Crippen LogP contribution in [0.2, 0.25) is 0 Å². The fourth-order valence-corrected chi connectivity index (χ4v) is 3.31. The lowest BCUT2D eigenvalue weighted by molar-refractivity contribution is -0.163. The Balaban J connectivity index is 1.46. The zero-order valence-electron chi connectivity index (χ0n) is 16.6. The van der Waals surface area contributed by atoms with Gasteiger partial charge in [-0.25, -0.2) is 4.79 Å². The van der Waals surface area contributed by atoms with Crippen LogP contribution in [0, 0.1) is 0 Å². The summed E-state index contributed by atoms with van der Waals surface area (Å²) in [6.45, 7) is 0.342. The number of hydrogen-bond donors (Lipinski definition) is 2. The molecular weight excluding hydrogens is 398 g/mol. The van der Waals surface area contributed by atoms with Crippen molar-refractivity contribution in [2.45, 2.75) is 5.60 Å². The lowest BCUT2D eigenvalue weighted by Crippen LogP contribution is -2.39. The van der Waals surface area contributed by atoms with Crippen LogP contribution in [0.4, 0.5) is 5.69 Å². The highest BCUT2D eigenvalue weighted by Crippen LogP contribution is 2.33. The molecule has 1 amide bonds. The van der Waals surface area contributed by atoms with E-state index < -0.39 is 24.1 Å². The number of benzene rings is 3. The summed E-state index contributed by atoms with van der Waals surface area (Å²) < 4.78 is 16.1. The van der Waals surface area contributed by atoms with Crippen LogP contribution in [0.25, 0.3) is 0 Å². The van der Waals surface area contributed by atoms with Crippen molar-refractivity contribution in [3.63, 3.8) is 0 Å². The molecular formula is C24H21NO6. The van der Waals surface area contributed by atoms with Crippen molar-refractivity contribution in [1.82, 2.24) is 0 Å². The molecule has 2 N–H and O–H groups in total. The summed E-state index contributed by atoms with van der Waals surface area (Å²) in [5.41, 5.74) is -0.872. The van der Waals surface area contributed by atoms with E-state index in [4.69, 9.17) is 14.2 Å². The SMILES string of the molecule is O=C(COC(=O)C(O)(c1ccccc1)c1ccccc1)Nc1ccc2c(c1)OCCO2. The highest BCUT2D eigenvalue weighted by Gasteiger charge is 2.41. The Morgan fingerprint density at radius 1 is 0.871 bits per heavy atom. The van der Waals surface area contributed by atoms with Crippen LogP contribution in [-0.4, -0.2) is 36.8 Å². The maximum atomic E-state index is 12.9. The first-order chi connectivity index (χ1) is 15.1. The molecule has 1 aliphatic heterocycles. The summed E-state index contributed by atoms with van der Waals surface area (Å²) in [4.78, 5) is 25.3. The molecule has 3 aromatic carbocycles. The van der Waals surface area contributed by atoms with E-state index >= 15 is 0 Å². The first-order valence-corrected chi connectivity index (χ1v) is 9.77. The predicted molar refractivity (Wildman–Crippen MR) is 113 cm³/mol. The largest absolute Gasteiger partial charge is 0.486 e. The van der Waals surface area contributed by atoms with Crippen LogP contribution in [-0.2, 0) is 19.9 Å². The van der Waals surface area contributed by atoms with Crippen molar-refractivity contribution in [3.8, 4) is 11.5 Å². The zero-order valence-corrected chi connectivity index (χ0v) is 16.6. The molecule has 1 aliphatic rings. The number of hydrogen-bond acceptors (Lipinski definition) is 6. The standard InChI is InChI=1S/C24H21NO6/c26-22(25-19-11-12-20-21(15-19)30-14-13-29-20)16-31-23(27)24(28,17-7-3-1-4-8-17)18-9-5-2-6-10-18/h1-12,15,28H,13-14,16H2,(H,25,26). The van der Waals surface area contributed by atoms with Gasteiger partial charge in [-0.3, -0.25) is 4.79 Å². The number of nitrogens with one attached hydrogen (secondary N) is 1. The van der Waals surface area contributed by atoms with Crippen LogP contribution in [0.1, 0.15) is 11.1 Å². The Morgan fingerprint density at radius 2 is 1.45 bits per heavy atom. The van der Waals surface area contributed by atoms with Gasteiger partial charge in [0.15, 0.2) is 18.1 Å². The van der Waals surface area contributed by atoms with E-state index in [0.29, 0.717) is 41.5 Å². The Morgan fingerprint density at radius 3 is 2.06 bits per heavy atom. The van der Waals surface area contributed by atoms with Crippen molar-refractivity contribution in [2.24, 2.45) is 0 Å². The number of amides is 1.